The maximum atomic E-state index is 12.7. The third-order valence-corrected chi connectivity index (χ3v) is 3.89. The van der Waals surface area contributed by atoms with E-state index < -0.39 is 0 Å². The second-order valence-corrected chi connectivity index (χ2v) is 5.89. The molecule has 0 aliphatic rings. The number of benzene rings is 2. The Balaban J connectivity index is 1.87. The molecule has 0 saturated carbocycles. The molecule has 0 aliphatic carbocycles. The highest BCUT2D eigenvalue weighted by Gasteiger charge is 2.18. The van der Waals surface area contributed by atoms with E-state index in [1.807, 2.05) is 49.4 Å². The Kier molecular flexibility index (Phi) is 5.46. The lowest BCUT2D eigenvalue weighted by Crippen LogP contribution is -2.15. The van der Waals surface area contributed by atoms with Crippen LogP contribution in [-0.4, -0.2) is 27.3 Å². The maximum absolute atomic E-state index is 12.7. The van der Waals surface area contributed by atoms with E-state index in [0.29, 0.717) is 30.3 Å². The fourth-order valence-corrected chi connectivity index (χ4v) is 2.66. The Morgan fingerprint density at radius 2 is 1.96 bits per heavy atom. The first kappa shape index (κ1) is 17.2. The minimum absolute atomic E-state index is 0.141. The van der Waals surface area contributed by atoms with Crippen LogP contribution in [0.25, 0.3) is 11.4 Å². The van der Waals surface area contributed by atoms with Crippen LogP contribution in [0.15, 0.2) is 54.6 Å². The Morgan fingerprint density at radius 1 is 1.16 bits per heavy atom. The van der Waals surface area contributed by atoms with E-state index in [0.717, 1.165) is 11.1 Å². The summed E-state index contributed by atoms with van der Waals surface area (Å²) < 4.78 is 6.67. The van der Waals surface area contributed by atoms with Gasteiger partial charge < -0.3 is 4.74 Å². The van der Waals surface area contributed by atoms with Crippen LogP contribution in [0.5, 0.6) is 6.01 Å². The zero-order valence-electron chi connectivity index (χ0n) is 13.9. The number of aryl methyl sites for hydroxylation is 1. The minimum Gasteiger partial charge on any atom is -0.463 e. The van der Waals surface area contributed by atoms with Crippen molar-refractivity contribution in [2.75, 3.05) is 6.61 Å². The molecule has 0 N–H and O–H groups in total. The van der Waals surface area contributed by atoms with Gasteiger partial charge in [-0.15, -0.1) is 5.10 Å². The van der Waals surface area contributed by atoms with Crippen LogP contribution in [0, 0.1) is 0 Å². The second kappa shape index (κ2) is 7.94. The van der Waals surface area contributed by atoms with E-state index in [2.05, 4.69) is 10.1 Å². The van der Waals surface area contributed by atoms with Crippen LogP contribution in [0.4, 0.5) is 0 Å². The van der Waals surface area contributed by atoms with E-state index >= 15 is 0 Å². The molecule has 0 spiro atoms. The number of halogens is 1. The lowest BCUT2D eigenvalue weighted by molar-refractivity contribution is 0.0887. The molecule has 0 atom stereocenters. The number of aromatic nitrogens is 3. The summed E-state index contributed by atoms with van der Waals surface area (Å²) in [5.74, 6) is 0.293. The average Bonchev–Trinajstić information content (AvgIpc) is 3.05. The molecule has 128 valence electrons. The Labute approximate surface area is 151 Å². The van der Waals surface area contributed by atoms with Crippen molar-refractivity contribution < 1.29 is 9.53 Å². The number of rotatable bonds is 6. The first-order valence-electron chi connectivity index (χ1n) is 8.10. The zero-order chi connectivity index (χ0) is 17.6. The fourth-order valence-electron chi connectivity index (χ4n) is 2.47. The Bertz CT molecular complexity index is 862. The van der Waals surface area contributed by atoms with Gasteiger partial charge in [-0.3, -0.25) is 4.79 Å². The molecule has 25 heavy (non-hydrogen) atoms. The standard InChI is InChI=1S/C19H18ClN3O2/c1-2-25-19-21-18(15-9-6-10-16(20)13-15)23(22-19)17(24)12-11-14-7-4-3-5-8-14/h3-10,13H,2,11-12H2,1H3. The third-order valence-electron chi connectivity index (χ3n) is 3.65. The van der Waals surface area contributed by atoms with E-state index in [1.165, 1.54) is 4.68 Å². The van der Waals surface area contributed by atoms with Gasteiger partial charge >= 0.3 is 6.01 Å². The van der Waals surface area contributed by atoms with Gasteiger partial charge in [0.05, 0.1) is 6.61 Å². The topological polar surface area (TPSA) is 57.0 Å². The van der Waals surface area contributed by atoms with E-state index in [9.17, 15) is 4.79 Å². The fraction of sp³-hybridized carbons (Fsp3) is 0.211. The van der Waals surface area contributed by atoms with Crippen LogP contribution in [0.1, 0.15) is 23.7 Å². The van der Waals surface area contributed by atoms with Gasteiger partial charge in [0.2, 0.25) is 5.91 Å². The predicted molar refractivity (Wildman–Crippen MR) is 97.0 cm³/mol. The smallest absolute Gasteiger partial charge is 0.336 e. The summed E-state index contributed by atoms with van der Waals surface area (Å²) in [5.41, 5.74) is 1.82. The van der Waals surface area contributed by atoms with E-state index in [1.54, 1.807) is 12.1 Å². The van der Waals surface area contributed by atoms with Crippen LogP contribution in [-0.2, 0) is 6.42 Å². The molecule has 5 nitrogen and oxygen atoms in total. The van der Waals surface area contributed by atoms with Gasteiger partial charge in [0.25, 0.3) is 0 Å². The predicted octanol–water partition coefficient (Wildman–Crippen LogP) is 4.27. The Morgan fingerprint density at radius 3 is 2.68 bits per heavy atom. The third kappa shape index (κ3) is 4.25. The van der Waals surface area contributed by atoms with Gasteiger partial charge in [-0.1, -0.05) is 54.1 Å². The van der Waals surface area contributed by atoms with Crippen LogP contribution in [0.2, 0.25) is 5.02 Å². The number of carbonyl (C=O) groups excluding carboxylic acids is 1. The Hall–Kier alpha value is -2.66. The summed E-state index contributed by atoms with van der Waals surface area (Å²) in [5, 5.41) is 4.78. The summed E-state index contributed by atoms with van der Waals surface area (Å²) in [7, 11) is 0. The molecular formula is C19H18ClN3O2. The summed E-state index contributed by atoms with van der Waals surface area (Å²) in [4.78, 5) is 17.0. The molecule has 1 aromatic heterocycles. The van der Waals surface area contributed by atoms with Crippen LogP contribution < -0.4 is 4.74 Å². The average molecular weight is 356 g/mol. The first-order valence-corrected chi connectivity index (χ1v) is 8.48. The van der Waals surface area contributed by atoms with E-state index in [4.69, 9.17) is 16.3 Å². The number of ether oxygens (including phenoxy) is 1. The number of nitrogens with zero attached hydrogens (tertiary/aromatic N) is 3. The highest BCUT2D eigenvalue weighted by Crippen LogP contribution is 2.23. The molecule has 0 amide bonds. The van der Waals surface area contributed by atoms with E-state index in [-0.39, 0.29) is 11.9 Å². The van der Waals surface area contributed by atoms with Gasteiger partial charge in [-0.2, -0.15) is 9.67 Å². The van der Waals surface area contributed by atoms with Crippen molar-refractivity contribution in [3.8, 4) is 17.4 Å². The minimum atomic E-state index is -0.141. The molecule has 3 aromatic rings. The lowest BCUT2D eigenvalue weighted by atomic mass is 10.1. The molecule has 0 unspecified atom stereocenters. The molecule has 0 bridgehead atoms. The summed E-state index contributed by atoms with van der Waals surface area (Å²) in [6.07, 6.45) is 0.963. The second-order valence-electron chi connectivity index (χ2n) is 5.45. The van der Waals surface area contributed by atoms with Crippen molar-refractivity contribution in [3.63, 3.8) is 0 Å². The van der Waals surface area contributed by atoms with Gasteiger partial charge in [-0.05, 0) is 31.0 Å². The van der Waals surface area contributed by atoms with Crippen molar-refractivity contribution in [3.05, 3.63) is 65.2 Å². The normalized spacial score (nSPS) is 10.6. The molecule has 0 radical (unpaired) electrons. The summed E-state index contributed by atoms with van der Waals surface area (Å²) in [6, 6.07) is 17.2. The molecule has 0 saturated heterocycles. The molecule has 0 aliphatic heterocycles. The maximum Gasteiger partial charge on any atom is 0.336 e. The van der Waals surface area contributed by atoms with Gasteiger partial charge in [0.1, 0.15) is 0 Å². The number of hydrogen-bond donors (Lipinski definition) is 0. The van der Waals surface area contributed by atoms with Gasteiger partial charge in [-0.25, -0.2) is 0 Å². The molecule has 0 fully saturated rings. The molecule has 1 heterocycles. The molecule has 6 heteroatoms. The zero-order valence-corrected chi connectivity index (χ0v) is 14.6. The van der Waals surface area contributed by atoms with Gasteiger partial charge in [0.15, 0.2) is 5.82 Å². The highest BCUT2D eigenvalue weighted by atomic mass is 35.5. The SMILES string of the molecule is CCOc1nc(-c2cccc(Cl)c2)n(C(=O)CCc2ccccc2)n1. The van der Waals surface area contributed by atoms with Crippen molar-refractivity contribution in [2.45, 2.75) is 19.8 Å². The van der Waals surface area contributed by atoms with Gasteiger partial charge in [0, 0.05) is 17.0 Å². The van der Waals surface area contributed by atoms with Crippen LogP contribution >= 0.6 is 11.6 Å². The van der Waals surface area contributed by atoms with Crippen molar-refractivity contribution in [2.24, 2.45) is 0 Å². The largest absolute Gasteiger partial charge is 0.463 e. The molecule has 2 aromatic carbocycles. The molecular weight excluding hydrogens is 338 g/mol. The van der Waals surface area contributed by atoms with Crippen molar-refractivity contribution in [1.82, 2.24) is 14.8 Å². The highest BCUT2D eigenvalue weighted by molar-refractivity contribution is 6.30. The van der Waals surface area contributed by atoms with Crippen molar-refractivity contribution >= 4 is 17.5 Å². The monoisotopic (exact) mass is 355 g/mol. The first-order chi connectivity index (χ1) is 12.2. The lowest BCUT2D eigenvalue weighted by Gasteiger charge is -2.05. The quantitative estimate of drug-likeness (QED) is 0.662. The van der Waals surface area contributed by atoms with Crippen LogP contribution in [0.3, 0.4) is 0 Å². The number of carbonyl (C=O) groups is 1. The number of hydrogen-bond acceptors (Lipinski definition) is 4. The summed E-state index contributed by atoms with van der Waals surface area (Å²) in [6.45, 7) is 2.27. The molecule has 3 rings (SSSR count). The summed E-state index contributed by atoms with van der Waals surface area (Å²) >= 11 is 6.06. The van der Waals surface area contributed by atoms with Crippen molar-refractivity contribution in [1.29, 1.82) is 0 Å².